The molecule has 0 aliphatic heterocycles. The van der Waals surface area contributed by atoms with Crippen LogP contribution in [0.4, 0.5) is 0 Å². The fourth-order valence-electron chi connectivity index (χ4n) is 6.25. The Balaban J connectivity index is 4.46. The summed E-state index contributed by atoms with van der Waals surface area (Å²) in [6, 6.07) is 0. The van der Waals surface area contributed by atoms with Crippen LogP contribution in [0.25, 0.3) is 0 Å². The van der Waals surface area contributed by atoms with E-state index in [1.165, 1.54) is 0 Å². The SMILES string of the molecule is CC/C=C\C/C=C\C/C=C\C/C=C\C/C=C\C/C=C\C/C=C\C/C=C\C/C=C\CCCC(=O)OC(COC(=O)CCCC/C=C\C/C=C\C/C=C\C/C=C\C/C=C\C/C=C\CC)COP(=O)(O)OCC[N+](C)(C)C. The van der Waals surface area contributed by atoms with Gasteiger partial charge >= 0.3 is 19.8 Å². The van der Waals surface area contributed by atoms with Gasteiger partial charge < -0.3 is 18.9 Å². The number of carbonyl (C=O) groups excluding carboxylic acids is 2. The number of unbranched alkanes of at least 4 members (excludes halogenated alkanes) is 3. The summed E-state index contributed by atoms with van der Waals surface area (Å²) in [5, 5.41) is 0. The Labute approximate surface area is 450 Å². The van der Waals surface area contributed by atoms with Gasteiger partial charge in [0.25, 0.3) is 0 Å². The Morgan fingerprint density at radius 3 is 1.07 bits per heavy atom. The number of quaternary nitrogens is 1. The van der Waals surface area contributed by atoms with Crippen molar-refractivity contribution in [2.45, 2.75) is 161 Å². The normalized spacial score (nSPS) is 14.7. The first-order valence-electron chi connectivity index (χ1n) is 27.5. The summed E-state index contributed by atoms with van der Waals surface area (Å²) in [6.07, 6.45) is 82.5. The fraction of sp³-hybridized carbons (Fsp3) is 0.500. The number of phosphoric acid groups is 1. The Kier molecular flexibility index (Phi) is 49.5. The van der Waals surface area contributed by atoms with Crippen molar-refractivity contribution in [3.8, 4) is 0 Å². The van der Waals surface area contributed by atoms with Gasteiger partial charge in [0.05, 0.1) is 27.7 Å². The smallest absolute Gasteiger partial charge is 0.462 e. The monoisotopic (exact) mass is 1040 g/mol. The van der Waals surface area contributed by atoms with E-state index in [0.717, 1.165) is 109 Å². The lowest BCUT2D eigenvalue weighted by molar-refractivity contribution is -0.870. The van der Waals surface area contributed by atoms with Crippen LogP contribution in [0.2, 0.25) is 0 Å². The Morgan fingerprint density at radius 2 is 0.730 bits per heavy atom. The molecule has 0 aromatic carbocycles. The second kappa shape index (κ2) is 53.0. The molecule has 0 saturated heterocycles. The highest BCUT2D eigenvalue weighted by molar-refractivity contribution is 7.47. The lowest BCUT2D eigenvalue weighted by Crippen LogP contribution is -2.37. The summed E-state index contributed by atoms with van der Waals surface area (Å²) in [5.41, 5.74) is 0. The van der Waals surface area contributed by atoms with Crippen LogP contribution in [0, 0.1) is 0 Å². The maximum atomic E-state index is 12.8. The summed E-state index contributed by atoms with van der Waals surface area (Å²) in [6.45, 7) is 4.04. The van der Waals surface area contributed by atoms with E-state index in [0.29, 0.717) is 30.3 Å². The molecule has 0 amide bonds. The quantitative estimate of drug-likeness (QED) is 0.0211. The van der Waals surface area contributed by atoms with Crippen molar-refractivity contribution >= 4 is 19.8 Å². The number of phosphoric ester groups is 1. The molecule has 0 bridgehead atoms. The Hall–Kier alpha value is -4.89. The van der Waals surface area contributed by atoms with E-state index in [9.17, 15) is 19.0 Å². The minimum atomic E-state index is -4.43. The number of hydrogen-bond acceptors (Lipinski definition) is 7. The maximum absolute atomic E-state index is 12.8. The van der Waals surface area contributed by atoms with Gasteiger partial charge in [0.15, 0.2) is 6.10 Å². The number of hydrogen-bond donors (Lipinski definition) is 1. The number of esters is 2. The molecular formula is C64H99NO8P+. The third-order valence-electron chi connectivity index (χ3n) is 10.4. The molecule has 0 saturated carbocycles. The van der Waals surface area contributed by atoms with E-state index < -0.39 is 32.5 Å². The standard InChI is InChI=1S/C64H98NO8P/c1-6-8-10-12-14-16-18-20-22-24-26-28-29-30-31-32-33-34-35-37-39-41-43-45-47-49-51-53-55-57-64(67)73-62(61-72-74(68,69)71-59-58-65(3,4)5)60-70-63(66)56-54-52-50-48-46-44-42-40-38-36-27-25-23-21-19-17-15-13-11-9-7-2/h8-11,14-17,20-23,26-28,30-31,33-34,36-37,39-40,42-43,45-46,48-49,51,62H,6-7,12-13,18-19,24-25,29,32,35,38,41,44,47,50,52-61H2,1-5H3/p+1/b10-8-,11-9-,16-14-,17-15-,22-20-,23-21-,28-26-,31-30-,34-33-,36-27-,39-37-,42-40-,45-43-,48-46-,51-49-. The molecule has 0 rings (SSSR count). The lowest BCUT2D eigenvalue weighted by atomic mass is 10.2. The molecule has 74 heavy (non-hydrogen) atoms. The number of ether oxygens (including phenoxy) is 2. The molecule has 0 heterocycles. The van der Waals surface area contributed by atoms with Gasteiger partial charge in [-0.25, -0.2) is 4.57 Å². The molecule has 9 nitrogen and oxygen atoms in total. The first-order valence-corrected chi connectivity index (χ1v) is 29.0. The van der Waals surface area contributed by atoms with Gasteiger partial charge in [-0.3, -0.25) is 18.6 Å². The first-order chi connectivity index (χ1) is 36.0. The van der Waals surface area contributed by atoms with E-state index >= 15 is 0 Å². The number of likely N-dealkylation sites (N-methyl/N-ethyl adjacent to an activating group) is 1. The number of allylic oxidation sites excluding steroid dienone is 30. The molecule has 0 fully saturated rings. The molecule has 0 aromatic rings. The van der Waals surface area contributed by atoms with Crippen molar-refractivity contribution in [2.24, 2.45) is 0 Å². The van der Waals surface area contributed by atoms with Crippen molar-refractivity contribution in [1.82, 2.24) is 0 Å². The number of rotatable bonds is 47. The summed E-state index contributed by atoms with van der Waals surface area (Å²) in [7, 11) is 1.38. The van der Waals surface area contributed by atoms with Gasteiger partial charge in [-0.2, -0.15) is 0 Å². The van der Waals surface area contributed by atoms with Crippen LogP contribution in [0.15, 0.2) is 182 Å². The Bertz CT molecular complexity index is 1900. The molecule has 0 radical (unpaired) electrons. The van der Waals surface area contributed by atoms with E-state index in [1.54, 1.807) is 0 Å². The number of carbonyl (C=O) groups is 2. The van der Waals surface area contributed by atoms with Crippen LogP contribution >= 0.6 is 7.82 Å². The summed E-state index contributed by atoms with van der Waals surface area (Å²) in [4.78, 5) is 35.6. The number of nitrogens with zero attached hydrogens (tertiary/aromatic N) is 1. The maximum Gasteiger partial charge on any atom is 0.472 e. The minimum Gasteiger partial charge on any atom is -0.462 e. The van der Waals surface area contributed by atoms with E-state index in [2.05, 4.69) is 190 Å². The van der Waals surface area contributed by atoms with Crippen LogP contribution < -0.4 is 0 Å². The van der Waals surface area contributed by atoms with Crippen molar-refractivity contribution in [2.75, 3.05) is 47.5 Å². The van der Waals surface area contributed by atoms with E-state index in [4.69, 9.17) is 18.5 Å². The van der Waals surface area contributed by atoms with Gasteiger partial charge in [0.2, 0.25) is 0 Å². The molecule has 0 spiro atoms. The third kappa shape index (κ3) is 56.4. The van der Waals surface area contributed by atoms with Crippen molar-refractivity contribution < 1.29 is 42.1 Å². The van der Waals surface area contributed by atoms with E-state index in [-0.39, 0.29) is 26.1 Å². The van der Waals surface area contributed by atoms with Crippen LogP contribution in [0.5, 0.6) is 0 Å². The molecule has 0 aromatic heterocycles. The van der Waals surface area contributed by atoms with E-state index in [1.807, 2.05) is 27.2 Å². The second-order valence-corrected chi connectivity index (χ2v) is 19.9. The molecule has 10 heteroatoms. The van der Waals surface area contributed by atoms with Gasteiger partial charge in [-0.15, -0.1) is 0 Å². The van der Waals surface area contributed by atoms with Crippen LogP contribution in [0.1, 0.15) is 155 Å². The van der Waals surface area contributed by atoms with Gasteiger partial charge in [0.1, 0.15) is 19.8 Å². The summed E-state index contributed by atoms with van der Waals surface area (Å²) < 4.78 is 34.4. The fourth-order valence-corrected chi connectivity index (χ4v) is 6.99. The summed E-state index contributed by atoms with van der Waals surface area (Å²) in [5.74, 6) is -0.940. The van der Waals surface area contributed by atoms with Gasteiger partial charge in [0, 0.05) is 12.8 Å². The van der Waals surface area contributed by atoms with Crippen molar-refractivity contribution in [3.05, 3.63) is 182 Å². The zero-order chi connectivity index (χ0) is 54.2. The highest BCUT2D eigenvalue weighted by Gasteiger charge is 2.27. The van der Waals surface area contributed by atoms with Gasteiger partial charge in [-0.05, 0) is 128 Å². The molecule has 2 unspecified atom stereocenters. The molecule has 0 aliphatic carbocycles. The average molecular weight is 1040 g/mol. The van der Waals surface area contributed by atoms with Crippen LogP contribution in [0.3, 0.4) is 0 Å². The minimum absolute atomic E-state index is 0.00136. The molecule has 412 valence electrons. The topological polar surface area (TPSA) is 108 Å². The lowest BCUT2D eigenvalue weighted by Gasteiger charge is -2.24. The zero-order valence-electron chi connectivity index (χ0n) is 46.5. The average Bonchev–Trinajstić information content (AvgIpc) is 3.36. The van der Waals surface area contributed by atoms with Gasteiger partial charge in [-0.1, -0.05) is 196 Å². The molecular weight excluding hydrogens is 942 g/mol. The molecule has 2 atom stereocenters. The first kappa shape index (κ1) is 69.1. The third-order valence-corrected chi connectivity index (χ3v) is 11.4. The predicted molar refractivity (Wildman–Crippen MR) is 315 cm³/mol. The van der Waals surface area contributed by atoms with Crippen molar-refractivity contribution in [3.63, 3.8) is 0 Å². The van der Waals surface area contributed by atoms with Crippen molar-refractivity contribution in [1.29, 1.82) is 0 Å². The predicted octanol–water partition coefficient (Wildman–Crippen LogP) is 17.2. The van der Waals surface area contributed by atoms with Crippen LogP contribution in [-0.2, 0) is 32.7 Å². The summed E-state index contributed by atoms with van der Waals surface area (Å²) >= 11 is 0. The molecule has 0 aliphatic rings. The highest BCUT2D eigenvalue weighted by Crippen LogP contribution is 2.43. The zero-order valence-corrected chi connectivity index (χ0v) is 47.4. The Morgan fingerprint density at radius 1 is 0.419 bits per heavy atom. The highest BCUT2D eigenvalue weighted by atomic mass is 31.2. The largest absolute Gasteiger partial charge is 0.472 e. The van der Waals surface area contributed by atoms with Crippen LogP contribution in [-0.4, -0.2) is 74.9 Å². The second-order valence-electron chi connectivity index (χ2n) is 18.5. The molecule has 1 N–H and O–H groups in total.